The van der Waals surface area contributed by atoms with Gasteiger partial charge in [-0.05, 0) is 44.0 Å². The minimum Gasteiger partial charge on any atom is -0.443 e. The van der Waals surface area contributed by atoms with Gasteiger partial charge in [0, 0.05) is 19.2 Å². The van der Waals surface area contributed by atoms with E-state index in [0.29, 0.717) is 11.1 Å². The van der Waals surface area contributed by atoms with Gasteiger partial charge in [-0.3, -0.25) is 9.59 Å². The van der Waals surface area contributed by atoms with Gasteiger partial charge in [0.1, 0.15) is 11.6 Å². The molecular weight excluding hydrogens is 522 g/mol. The quantitative estimate of drug-likeness (QED) is 0.230. The summed E-state index contributed by atoms with van der Waals surface area (Å²) in [5, 5.41) is 19.5. The van der Waals surface area contributed by atoms with Crippen LogP contribution in [-0.2, 0) is 26.0 Å². The Labute approximate surface area is 229 Å². The normalized spacial score (nSPS) is 14.3. The lowest BCUT2D eigenvalue weighted by Crippen LogP contribution is -2.55. The Bertz CT molecular complexity index is 1340. The van der Waals surface area contributed by atoms with E-state index in [2.05, 4.69) is 20.9 Å². The van der Waals surface area contributed by atoms with Crippen LogP contribution in [0.2, 0.25) is 0 Å². The van der Waals surface area contributed by atoms with Gasteiger partial charge in [-0.1, -0.05) is 44.2 Å². The van der Waals surface area contributed by atoms with Crippen molar-refractivity contribution in [2.45, 2.75) is 50.3 Å². The van der Waals surface area contributed by atoms with Crippen LogP contribution in [0, 0.1) is 5.92 Å². The van der Waals surface area contributed by atoms with Gasteiger partial charge in [-0.15, -0.1) is 0 Å². The summed E-state index contributed by atoms with van der Waals surface area (Å²) in [5.41, 5.74) is 1.72. The molecule has 3 aromatic rings. The summed E-state index contributed by atoms with van der Waals surface area (Å²) in [6.07, 6.45) is 0.247. The number of hydrogen-bond acceptors (Lipinski definition) is 8. The molecule has 0 aliphatic heterocycles. The molecule has 0 radical (unpaired) electrons. The van der Waals surface area contributed by atoms with Crippen molar-refractivity contribution in [3.8, 4) is 0 Å². The van der Waals surface area contributed by atoms with Crippen LogP contribution in [0.1, 0.15) is 26.3 Å². The lowest BCUT2D eigenvalue weighted by atomic mass is 10.0. The molecule has 0 fully saturated rings. The van der Waals surface area contributed by atoms with E-state index in [1.165, 1.54) is 22.8 Å². The van der Waals surface area contributed by atoms with E-state index in [0.717, 1.165) is 5.56 Å². The third kappa shape index (κ3) is 8.33. The third-order valence-corrected chi connectivity index (χ3v) is 7.93. The van der Waals surface area contributed by atoms with Crippen molar-refractivity contribution in [3.05, 3.63) is 60.5 Å². The van der Waals surface area contributed by atoms with Crippen molar-refractivity contribution < 1.29 is 27.5 Å². The minimum absolute atomic E-state index is 0.0177. The summed E-state index contributed by atoms with van der Waals surface area (Å²) in [5.74, 6) is -0.878. The zero-order valence-electron chi connectivity index (χ0n) is 22.6. The molecule has 2 amide bonds. The van der Waals surface area contributed by atoms with Crippen LogP contribution in [0.4, 0.5) is 0 Å². The van der Waals surface area contributed by atoms with Crippen LogP contribution < -0.4 is 16.0 Å². The summed E-state index contributed by atoms with van der Waals surface area (Å²) in [6, 6.07) is 12.0. The monoisotopic (exact) mass is 559 g/mol. The van der Waals surface area contributed by atoms with Gasteiger partial charge in [0.05, 0.1) is 23.6 Å². The highest BCUT2D eigenvalue weighted by Crippen LogP contribution is 2.23. The summed E-state index contributed by atoms with van der Waals surface area (Å²) < 4.78 is 33.9. The molecule has 3 rings (SSSR count). The van der Waals surface area contributed by atoms with Gasteiger partial charge in [0.15, 0.2) is 12.0 Å². The van der Waals surface area contributed by atoms with Crippen LogP contribution in [-0.4, -0.2) is 79.5 Å². The predicted molar refractivity (Wildman–Crippen MR) is 147 cm³/mol. The van der Waals surface area contributed by atoms with Crippen LogP contribution >= 0.6 is 0 Å². The number of oxazole rings is 1. The Morgan fingerprint density at radius 2 is 1.77 bits per heavy atom. The SMILES string of the molecule is CNCC(=O)N[C@@H](C)C(=O)N[C@@H](Cc1ccccc1)[C@H](O)CN(CC(C)C)S(=O)(=O)c1ccc2ncoc2c1. The fourth-order valence-corrected chi connectivity index (χ4v) is 5.77. The predicted octanol–water partition coefficient (Wildman–Crippen LogP) is 1.29. The van der Waals surface area contributed by atoms with Gasteiger partial charge in [0.25, 0.3) is 0 Å². The fraction of sp³-hybridized carbons (Fsp3) is 0.444. The van der Waals surface area contributed by atoms with E-state index >= 15 is 0 Å². The van der Waals surface area contributed by atoms with Crippen molar-refractivity contribution in [2.24, 2.45) is 5.92 Å². The largest absolute Gasteiger partial charge is 0.443 e. The number of aliphatic hydroxyl groups is 1. The first kappa shape index (κ1) is 30.2. The van der Waals surface area contributed by atoms with E-state index < -0.39 is 34.1 Å². The van der Waals surface area contributed by atoms with Gasteiger partial charge in [0.2, 0.25) is 21.8 Å². The highest BCUT2D eigenvalue weighted by Gasteiger charge is 2.32. The number of aliphatic hydroxyl groups excluding tert-OH is 1. The number of amides is 2. The molecule has 1 heterocycles. The molecule has 212 valence electrons. The first-order valence-corrected chi connectivity index (χ1v) is 14.2. The van der Waals surface area contributed by atoms with Crippen molar-refractivity contribution >= 4 is 32.9 Å². The molecule has 39 heavy (non-hydrogen) atoms. The minimum atomic E-state index is -4.03. The molecule has 4 N–H and O–H groups in total. The molecule has 0 bridgehead atoms. The fourth-order valence-electron chi connectivity index (χ4n) is 4.14. The highest BCUT2D eigenvalue weighted by molar-refractivity contribution is 7.89. The maximum Gasteiger partial charge on any atom is 0.243 e. The Hall–Kier alpha value is -3.32. The third-order valence-electron chi connectivity index (χ3n) is 6.10. The van der Waals surface area contributed by atoms with Crippen LogP contribution in [0.15, 0.2) is 64.2 Å². The Morgan fingerprint density at radius 3 is 2.44 bits per heavy atom. The Morgan fingerprint density at radius 1 is 1.05 bits per heavy atom. The standard InChI is InChI=1S/C27H37N5O6S/c1-18(2)15-32(39(36,37)21-10-11-22-25(13-21)38-17-29-22)16-24(33)23(12-20-8-6-5-7-9-20)31-27(35)19(3)30-26(34)14-28-4/h5-11,13,17-19,23-24,28,33H,12,14-16H2,1-4H3,(H,30,34)(H,31,35)/t19-,23-,24+/m0/s1. The number of nitrogens with zero attached hydrogens (tertiary/aromatic N) is 2. The van der Waals surface area contributed by atoms with Gasteiger partial charge >= 0.3 is 0 Å². The molecule has 1 aromatic heterocycles. The maximum atomic E-state index is 13.7. The van der Waals surface area contributed by atoms with Crippen molar-refractivity contribution in [1.82, 2.24) is 25.2 Å². The second kappa shape index (κ2) is 13.7. The number of fused-ring (bicyclic) bond motifs is 1. The smallest absolute Gasteiger partial charge is 0.243 e. The second-order valence-electron chi connectivity index (χ2n) is 9.89. The van der Waals surface area contributed by atoms with Crippen molar-refractivity contribution in [3.63, 3.8) is 0 Å². The zero-order chi connectivity index (χ0) is 28.6. The summed E-state index contributed by atoms with van der Waals surface area (Å²) >= 11 is 0. The topological polar surface area (TPSA) is 154 Å². The number of carbonyl (C=O) groups is 2. The molecule has 0 aliphatic carbocycles. The number of benzene rings is 2. The number of aromatic nitrogens is 1. The summed E-state index contributed by atoms with van der Waals surface area (Å²) in [6.45, 7) is 5.25. The molecule has 12 heteroatoms. The first-order valence-electron chi connectivity index (χ1n) is 12.8. The molecular formula is C27H37N5O6S. The molecule has 11 nitrogen and oxygen atoms in total. The highest BCUT2D eigenvalue weighted by atomic mass is 32.2. The summed E-state index contributed by atoms with van der Waals surface area (Å²) in [4.78, 5) is 29.0. The van der Waals surface area contributed by atoms with E-state index in [1.807, 2.05) is 44.2 Å². The maximum absolute atomic E-state index is 13.7. The van der Waals surface area contributed by atoms with Crippen LogP contribution in [0.5, 0.6) is 0 Å². The number of likely N-dealkylation sites (N-methyl/N-ethyl adjacent to an activating group) is 1. The number of carbonyl (C=O) groups excluding carboxylic acids is 2. The van der Waals surface area contributed by atoms with Crippen LogP contribution in [0.25, 0.3) is 11.1 Å². The Kier molecular flexibility index (Phi) is 10.6. The molecule has 0 saturated carbocycles. The number of sulfonamides is 1. The number of nitrogens with one attached hydrogen (secondary N) is 3. The van der Waals surface area contributed by atoms with Gasteiger partial charge < -0.3 is 25.5 Å². The van der Waals surface area contributed by atoms with Crippen LogP contribution in [0.3, 0.4) is 0 Å². The summed E-state index contributed by atoms with van der Waals surface area (Å²) in [7, 11) is -2.40. The van der Waals surface area contributed by atoms with Gasteiger partial charge in [-0.25, -0.2) is 13.4 Å². The van der Waals surface area contributed by atoms with E-state index in [9.17, 15) is 23.1 Å². The Balaban J connectivity index is 1.85. The molecule has 0 aliphatic rings. The van der Waals surface area contributed by atoms with E-state index in [4.69, 9.17) is 4.42 Å². The molecule has 2 aromatic carbocycles. The van der Waals surface area contributed by atoms with Crippen molar-refractivity contribution in [1.29, 1.82) is 0 Å². The second-order valence-corrected chi connectivity index (χ2v) is 11.8. The molecule has 3 atom stereocenters. The molecule has 0 saturated heterocycles. The lowest BCUT2D eigenvalue weighted by molar-refractivity contribution is -0.129. The van der Waals surface area contributed by atoms with E-state index in [-0.39, 0.29) is 42.8 Å². The molecule has 0 unspecified atom stereocenters. The lowest BCUT2D eigenvalue weighted by Gasteiger charge is -2.31. The average Bonchev–Trinajstić information content (AvgIpc) is 3.36. The average molecular weight is 560 g/mol. The van der Waals surface area contributed by atoms with Gasteiger partial charge in [-0.2, -0.15) is 4.31 Å². The van der Waals surface area contributed by atoms with Crippen molar-refractivity contribution in [2.75, 3.05) is 26.7 Å². The number of hydrogen-bond donors (Lipinski definition) is 4. The molecule has 0 spiro atoms. The zero-order valence-corrected chi connectivity index (χ0v) is 23.4. The first-order chi connectivity index (χ1) is 18.5. The number of rotatable bonds is 14. The van der Waals surface area contributed by atoms with E-state index in [1.54, 1.807) is 20.0 Å².